The van der Waals surface area contributed by atoms with E-state index in [2.05, 4.69) is 5.32 Å². The van der Waals surface area contributed by atoms with Crippen LogP contribution in [0.3, 0.4) is 0 Å². The Bertz CT molecular complexity index is 671. The lowest BCUT2D eigenvalue weighted by molar-refractivity contribution is 0.100. The number of hydrogen-bond donors (Lipinski definition) is 3. The number of primary amides is 1. The average Bonchev–Trinajstić information content (AvgIpc) is 2.30. The second-order valence-electron chi connectivity index (χ2n) is 4.07. The van der Waals surface area contributed by atoms with Gasteiger partial charge in [0.1, 0.15) is 5.82 Å². The summed E-state index contributed by atoms with van der Waals surface area (Å²) in [5.41, 5.74) is 11.2. The van der Waals surface area contributed by atoms with E-state index in [4.69, 9.17) is 34.7 Å². The summed E-state index contributed by atoms with van der Waals surface area (Å²) in [5, 5.41) is 3.56. The monoisotopic (exact) mass is 313 g/mol. The van der Waals surface area contributed by atoms with E-state index in [1.54, 1.807) is 18.2 Å². The van der Waals surface area contributed by atoms with Crippen molar-refractivity contribution in [1.29, 1.82) is 0 Å². The molecule has 104 valence electrons. The number of amides is 1. The second kappa shape index (κ2) is 5.56. The van der Waals surface area contributed by atoms with Crippen molar-refractivity contribution in [2.45, 2.75) is 0 Å². The molecule has 0 aliphatic carbocycles. The van der Waals surface area contributed by atoms with Crippen molar-refractivity contribution in [3.05, 3.63) is 51.8 Å². The third-order valence-corrected chi connectivity index (χ3v) is 2.98. The van der Waals surface area contributed by atoms with Gasteiger partial charge in [0.05, 0.1) is 11.3 Å². The molecule has 0 heterocycles. The molecule has 0 bridgehead atoms. The van der Waals surface area contributed by atoms with Crippen molar-refractivity contribution < 1.29 is 9.18 Å². The van der Waals surface area contributed by atoms with Gasteiger partial charge in [-0.2, -0.15) is 0 Å². The average molecular weight is 314 g/mol. The lowest BCUT2D eigenvalue weighted by Crippen LogP contribution is -2.14. The molecule has 2 aromatic rings. The Morgan fingerprint density at radius 2 is 1.70 bits per heavy atom. The minimum atomic E-state index is -0.741. The van der Waals surface area contributed by atoms with Gasteiger partial charge in [-0.25, -0.2) is 4.39 Å². The number of halogens is 3. The van der Waals surface area contributed by atoms with E-state index < -0.39 is 11.7 Å². The van der Waals surface area contributed by atoms with Gasteiger partial charge in [0.15, 0.2) is 0 Å². The number of carbonyl (C=O) groups is 1. The Kier molecular flexibility index (Phi) is 4.01. The third-order valence-electron chi connectivity index (χ3n) is 2.55. The van der Waals surface area contributed by atoms with Crippen LogP contribution in [-0.2, 0) is 0 Å². The first-order chi connectivity index (χ1) is 9.36. The van der Waals surface area contributed by atoms with Crippen molar-refractivity contribution in [1.82, 2.24) is 0 Å². The van der Waals surface area contributed by atoms with Crippen LogP contribution in [0.25, 0.3) is 0 Å². The molecular formula is C13H10Cl2FN3O. The predicted molar refractivity (Wildman–Crippen MR) is 79.1 cm³/mol. The molecule has 0 radical (unpaired) electrons. The van der Waals surface area contributed by atoms with E-state index in [1.165, 1.54) is 6.07 Å². The zero-order valence-corrected chi connectivity index (χ0v) is 11.6. The van der Waals surface area contributed by atoms with Crippen molar-refractivity contribution in [2.75, 3.05) is 11.1 Å². The molecular weight excluding hydrogens is 304 g/mol. The van der Waals surface area contributed by atoms with Gasteiger partial charge in [-0.3, -0.25) is 4.79 Å². The quantitative estimate of drug-likeness (QED) is 0.758. The summed E-state index contributed by atoms with van der Waals surface area (Å²) < 4.78 is 13.8. The fraction of sp³-hybridized carbons (Fsp3) is 0. The van der Waals surface area contributed by atoms with Crippen molar-refractivity contribution in [2.24, 2.45) is 5.73 Å². The minimum Gasteiger partial charge on any atom is -0.398 e. The number of nitrogens with one attached hydrogen (secondary N) is 1. The number of nitrogen functional groups attached to an aromatic ring is 1. The first kappa shape index (κ1) is 14.4. The maximum absolute atomic E-state index is 13.8. The van der Waals surface area contributed by atoms with Gasteiger partial charge in [0.2, 0.25) is 0 Å². The van der Waals surface area contributed by atoms with Crippen LogP contribution in [0.2, 0.25) is 10.0 Å². The van der Waals surface area contributed by atoms with E-state index in [9.17, 15) is 9.18 Å². The molecule has 7 heteroatoms. The van der Waals surface area contributed by atoms with E-state index in [0.717, 1.165) is 6.07 Å². The van der Waals surface area contributed by atoms with Crippen LogP contribution in [0.1, 0.15) is 10.4 Å². The topological polar surface area (TPSA) is 81.1 Å². The van der Waals surface area contributed by atoms with Crippen molar-refractivity contribution in [3.8, 4) is 0 Å². The highest BCUT2D eigenvalue weighted by Crippen LogP contribution is 2.28. The SMILES string of the molecule is NC(=O)c1cc(Nc2cc(Cl)cc(Cl)c2)c(F)cc1N. The Morgan fingerprint density at radius 3 is 2.25 bits per heavy atom. The second-order valence-corrected chi connectivity index (χ2v) is 4.94. The molecule has 0 aromatic heterocycles. The highest BCUT2D eigenvalue weighted by molar-refractivity contribution is 6.35. The zero-order valence-electron chi connectivity index (χ0n) is 10.1. The van der Waals surface area contributed by atoms with Gasteiger partial charge in [0.25, 0.3) is 5.91 Å². The summed E-state index contributed by atoms with van der Waals surface area (Å²) in [6.45, 7) is 0. The lowest BCUT2D eigenvalue weighted by Gasteiger charge is -2.11. The molecule has 0 saturated heterocycles. The summed E-state index contributed by atoms with van der Waals surface area (Å²) in [4.78, 5) is 11.2. The highest BCUT2D eigenvalue weighted by atomic mass is 35.5. The van der Waals surface area contributed by atoms with Crippen molar-refractivity contribution in [3.63, 3.8) is 0 Å². The van der Waals surface area contributed by atoms with E-state index in [1.807, 2.05) is 0 Å². The number of carbonyl (C=O) groups excluding carboxylic acids is 1. The first-order valence-electron chi connectivity index (χ1n) is 5.49. The maximum Gasteiger partial charge on any atom is 0.250 e. The van der Waals surface area contributed by atoms with Gasteiger partial charge in [0, 0.05) is 21.4 Å². The number of benzene rings is 2. The summed E-state index contributed by atoms with van der Waals surface area (Å²) in [7, 11) is 0. The van der Waals surface area contributed by atoms with Gasteiger partial charge < -0.3 is 16.8 Å². The number of rotatable bonds is 3. The molecule has 2 rings (SSSR count). The fourth-order valence-electron chi connectivity index (χ4n) is 1.68. The number of anilines is 3. The fourth-order valence-corrected chi connectivity index (χ4v) is 2.21. The van der Waals surface area contributed by atoms with Crippen LogP contribution < -0.4 is 16.8 Å². The Labute approximate surface area is 124 Å². The zero-order chi connectivity index (χ0) is 14.9. The molecule has 1 amide bonds. The van der Waals surface area contributed by atoms with Gasteiger partial charge in [-0.15, -0.1) is 0 Å². The van der Waals surface area contributed by atoms with Crippen LogP contribution >= 0.6 is 23.2 Å². The Balaban J connectivity index is 2.42. The molecule has 0 aliphatic heterocycles. The summed E-state index contributed by atoms with van der Waals surface area (Å²) in [6, 6.07) is 6.93. The minimum absolute atomic E-state index is 0.0234. The molecule has 0 spiro atoms. The molecule has 0 aliphatic rings. The summed E-state index contributed by atoms with van der Waals surface area (Å²) >= 11 is 11.7. The van der Waals surface area contributed by atoms with Gasteiger partial charge in [-0.05, 0) is 30.3 Å². The molecule has 0 atom stereocenters. The smallest absolute Gasteiger partial charge is 0.250 e. The normalized spacial score (nSPS) is 10.3. The third kappa shape index (κ3) is 3.12. The van der Waals surface area contributed by atoms with E-state index >= 15 is 0 Å². The Morgan fingerprint density at radius 1 is 1.10 bits per heavy atom. The molecule has 0 saturated carbocycles. The summed E-state index contributed by atoms with van der Waals surface area (Å²) in [5.74, 6) is -1.36. The molecule has 0 unspecified atom stereocenters. The predicted octanol–water partition coefficient (Wildman–Crippen LogP) is 3.56. The summed E-state index contributed by atoms with van der Waals surface area (Å²) in [6.07, 6.45) is 0. The molecule has 2 aromatic carbocycles. The first-order valence-corrected chi connectivity index (χ1v) is 6.24. The van der Waals surface area contributed by atoms with Gasteiger partial charge in [-0.1, -0.05) is 23.2 Å². The lowest BCUT2D eigenvalue weighted by atomic mass is 10.1. The van der Waals surface area contributed by atoms with Crippen LogP contribution in [-0.4, -0.2) is 5.91 Å². The molecule has 0 fully saturated rings. The molecule has 5 N–H and O–H groups in total. The van der Waals surface area contributed by atoms with E-state index in [-0.39, 0.29) is 16.9 Å². The standard InChI is InChI=1S/C13H10Cl2FN3O/c14-6-1-7(15)3-8(2-6)19-12-4-9(13(18)20)11(17)5-10(12)16/h1-5,19H,17H2,(H2,18,20). The van der Waals surface area contributed by atoms with Gasteiger partial charge >= 0.3 is 0 Å². The van der Waals surface area contributed by atoms with Crippen LogP contribution in [0.5, 0.6) is 0 Å². The largest absolute Gasteiger partial charge is 0.398 e. The van der Waals surface area contributed by atoms with Crippen molar-refractivity contribution >= 4 is 46.2 Å². The molecule has 20 heavy (non-hydrogen) atoms. The highest BCUT2D eigenvalue weighted by Gasteiger charge is 2.12. The molecule has 4 nitrogen and oxygen atoms in total. The van der Waals surface area contributed by atoms with Crippen LogP contribution in [0, 0.1) is 5.82 Å². The number of hydrogen-bond acceptors (Lipinski definition) is 3. The van der Waals surface area contributed by atoms with Crippen LogP contribution in [0.4, 0.5) is 21.5 Å². The maximum atomic E-state index is 13.8. The number of nitrogens with two attached hydrogens (primary N) is 2. The van der Waals surface area contributed by atoms with E-state index in [0.29, 0.717) is 15.7 Å². The Hall–Kier alpha value is -1.98. The van der Waals surface area contributed by atoms with Crippen LogP contribution in [0.15, 0.2) is 30.3 Å².